The molecule has 4 rings (SSSR count). The Hall–Kier alpha value is -3.28. The van der Waals surface area contributed by atoms with Gasteiger partial charge in [-0.1, -0.05) is 24.3 Å². The largest absolute Gasteiger partial charge is 0.480 e. The Labute approximate surface area is 162 Å². The van der Waals surface area contributed by atoms with Crippen LogP contribution >= 0.6 is 0 Å². The first-order valence-electron chi connectivity index (χ1n) is 9.27. The van der Waals surface area contributed by atoms with Crippen molar-refractivity contribution in [1.82, 2.24) is 10.3 Å². The van der Waals surface area contributed by atoms with Gasteiger partial charge in [-0.25, -0.2) is 4.79 Å². The minimum atomic E-state index is -1.07. The summed E-state index contributed by atoms with van der Waals surface area (Å²) >= 11 is 0. The fourth-order valence-corrected chi connectivity index (χ4v) is 3.64. The number of carboxylic acid groups (broad SMARTS) is 1. The number of aryl methyl sites for hydroxylation is 2. The molecule has 3 N–H and O–H groups in total. The number of hydrogen-bond donors (Lipinski definition) is 3. The molecule has 0 aliphatic carbocycles. The number of amides is 1. The smallest absolute Gasteiger partial charge is 0.326 e. The summed E-state index contributed by atoms with van der Waals surface area (Å²) in [4.78, 5) is 27.6. The van der Waals surface area contributed by atoms with E-state index in [0.29, 0.717) is 12.2 Å². The van der Waals surface area contributed by atoms with Gasteiger partial charge >= 0.3 is 5.97 Å². The van der Waals surface area contributed by atoms with E-state index in [4.69, 9.17) is 4.74 Å². The summed E-state index contributed by atoms with van der Waals surface area (Å²) < 4.78 is 5.78. The molecule has 28 heavy (non-hydrogen) atoms. The zero-order valence-corrected chi connectivity index (χ0v) is 15.8. The molecule has 2 atom stereocenters. The number of carbonyl (C=O) groups excluding carboxylic acids is 1. The maximum Gasteiger partial charge on any atom is 0.326 e. The first kappa shape index (κ1) is 18.1. The van der Waals surface area contributed by atoms with Gasteiger partial charge in [0.1, 0.15) is 11.8 Å². The Morgan fingerprint density at radius 1 is 1.25 bits per heavy atom. The summed E-state index contributed by atoms with van der Waals surface area (Å²) in [5.74, 6) is -0.772. The zero-order valence-electron chi connectivity index (χ0n) is 15.8. The Morgan fingerprint density at radius 3 is 2.79 bits per heavy atom. The third-order valence-electron chi connectivity index (χ3n) is 5.36. The van der Waals surface area contributed by atoms with Gasteiger partial charge in [-0.3, -0.25) is 4.79 Å². The Balaban J connectivity index is 1.48. The van der Waals surface area contributed by atoms with Crippen LogP contribution in [0.15, 0.2) is 42.6 Å². The van der Waals surface area contributed by atoms with E-state index in [1.165, 1.54) is 0 Å². The number of H-pyrrole nitrogens is 1. The SMILES string of the molecule is Cc1cc2c(cc1C)O[C@@H](C(=O)N[C@H](Cc1c[nH]c3ccccc13)C(=O)O)C2. The predicted octanol–water partition coefficient (Wildman–Crippen LogP) is 2.90. The first-order valence-corrected chi connectivity index (χ1v) is 9.27. The van der Waals surface area contributed by atoms with Crippen molar-refractivity contribution < 1.29 is 19.4 Å². The number of fused-ring (bicyclic) bond motifs is 2. The number of para-hydroxylation sites is 1. The van der Waals surface area contributed by atoms with Gasteiger partial charge in [0.15, 0.2) is 6.10 Å². The molecule has 1 aromatic heterocycles. The molecule has 0 saturated heterocycles. The molecule has 0 fully saturated rings. The van der Waals surface area contributed by atoms with Crippen molar-refractivity contribution in [3.05, 3.63) is 64.8 Å². The number of aliphatic carboxylic acids is 1. The van der Waals surface area contributed by atoms with Gasteiger partial charge in [0.25, 0.3) is 5.91 Å². The van der Waals surface area contributed by atoms with Crippen LogP contribution < -0.4 is 10.1 Å². The van der Waals surface area contributed by atoms with E-state index in [2.05, 4.69) is 10.3 Å². The molecule has 1 aliphatic heterocycles. The highest BCUT2D eigenvalue weighted by molar-refractivity contribution is 5.89. The minimum absolute atomic E-state index is 0.197. The van der Waals surface area contributed by atoms with E-state index in [1.807, 2.05) is 50.2 Å². The van der Waals surface area contributed by atoms with Crippen molar-refractivity contribution in [3.63, 3.8) is 0 Å². The molecule has 2 heterocycles. The molecule has 0 spiro atoms. The van der Waals surface area contributed by atoms with Crippen molar-refractivity contribution in [3.8, 4) is 5.75 Å². The molecule has 3 aromatic rings. The Kier molecular flexibility index (Phi) is 4.55. The second-order valence-electron chi connectivity index (χ2n) is 7.32. The number of carboxylic acids is 1. The van der Waals surface area contributed by atoms with Crippen LogP contribution in [0.1, 0.15) is 22.3 Å². The minimum Gasteiger partial charge on any atom is -0.480 e. The number of aromatic nitrogens is 1. The number of rotatable bonds is 5. The summed E-state index contributed by atoms with van der Waals surface area (Å²) in [6.07, 6.45) is 1.73. The molecule has 0 radical (unpaired) electrons. The standard InChI is InChI=1S/C22H22N2O4/c1-12-7-14-10-20(28-19(14)8-13(12)2)21(25)24-18(22(26)27)9-15-11-23-17-6-4-3-5-16(15)17/h3-8,11,18,20,23H,9-10H2,1-2H3,(H,24,25)(H,26,27)/t18-,20-/m1/s1. The second kappa shape index (κ2) is 7.03. The van der Waals surface area contributed by atoms with Crippen molar-refractivity contribution in [2.45, 2.75) is 38.8 Å². The lowest BCUT2D eigenvalue weighted by Crippen LogP contribution is -2.47. The molecular formula is C22H22N2O4. The van der Waals surface area contributed by atoms with E-state index >= 15 is 0 Å². The summed E-state index contributed by atoms with van der Waals surface area (Å²) in [6.45, 7) is 4.01. The molecular weight excluding hydrogens is 356 g/mol. The highest BCUT2D eigenvalue weighted by Crippen LogP contribution is 2.31. The van der Waals surface area contributed by atoms with Crippen LogP contribution in [0.25, 0.3) is 10.9 Å². The quantitative estimate of drug-likeness (QED) is 0.637. The van der Waals surface area contributed by atoms with E-state index in [1.54, 1.807) is 6.20 Å². The van der Waals surface area contributed by atoms with Gasteiger partial charge in [-0.05, 0) is 48.2 Å². The number of carbonyl (C=O) groups is 2. The average molecular weight is 378 g/mol. The van der Waals surface area contributed by atoms with E-state index in [9.17, 15) is 14.7 Å². The highest BCUT2D eigenvalue weighted by atomic mass is 16.5. The van der Waals surface area contributed by atoms with Crippen LogP contribution in [0, 0.1) is 13.8 Å². The molecule has 0 saturated carbocycles. The molecule has 1 aliphatic rings. The van der Waals surface area contributed by atoms with Gasteiger partial charge < -0.3 is 20.1 Å². The number of hydrogen-bond acceptors (Lipinski definition) is 3. The average Bonchev–Trinajstić information content (AvgIpc) is 3.25. The lowest BCUT2D eigenvalue weighted by atomic mass is 10.0. The molecule has 2 aromatic carbocycles. The number of nitrogens with one attached hydrogen (secondary N) is 2. The Bertz CT molecular complexity index is 1040. The summed E-state index contributed by atoms with van der Waals surface area (Å²) in [5, 5.41) is 13.2. The van der Waals surface area contributed by atoms with Gasteiger partial charge in [-0.2, -0.15) is 0 Å². The lowest BCUT2D eigenvalue weighted by molar-refractivity contribution is -0.142. The molecule has 144 valence electrons. The number of ether oxygens (including phenoxy) is 1. The number of aromatic amines is 1. The van der Waals surface area contributed by atoms with Crippen LogP contribution in [-0.2, 0) is 22.4 Å². The Morgan fingerprint density at radius 2 is 2.00 bits per heavy atom. The molecule has 0 unspecified atom stereocenters. The lowest BCUT2D eigenvalue weighted by Gasteiger charge is -2.17. The molecule has 6 nitrogen and oxygen atoms in total. The maximum absolute atomic E-state index is 12.7. The second-order valence-corrected chi connectivity index (χ2v) is 7.32. The molecule has 1 amide bonds. The van der Waals surface area contributed by atoms with Crippen molar-refractivity contribution in [1.29, 1.82) is 0 Å². The van der Waals surface area contributed by atoms with Crippen LogP contribution in [0.5, 0.6) is 5.75 Å². The van der Waals surface area contributed by atoms with Crippen LogP contribution in [-0.4, -0.2) is 34.1 Å². The van der Waals surface area contributed by atoms with Gasteiger partial charge in [-0.15, -0.1) is 0 Å². The summed E-state index contributed by atoms with van der Waals surface area (Å²) in [6, 6.07) is 10.6. The highest BCUT2D eigenvalue weighted by Gasteiger charge is 2.32. The maximum atomic E-state index is 12.7. The van der Waals surface area contributed by atoms with E-state index < -0.39 is 24.0 Å². The summed E-state index contributed by atoms with van der Waals surface area (Å²) in [7, 11) is 0. The fraction of sp³-hybridized carbons (Fsp3) is 0.273. The molecule has 0 bridgehead atoms. The third kappa shape index (κ3) is 3.33. The van der Waals surface area contributed by atoms with Crippen LogP contribution in [0.4, 0.5) is 0 Å². The number of benzene rings is 2. The monoisotopic (exact) mass is 378 g/mol. The van der Waals surface area contributed by atoms with Crippen molar-refractivity contribution in [2.75, 3.05) is 0 Å². The molecule has 6 heteroatoms. The third-order valence-corrected chi connectivity index (χ3v) is 5.36. The van der Waals surface area contributed by atoms with Crippen LogP contribution in [0.3, 0.4) is 0 Å². The van der Waals surface area contributed by atoms with Crippen molar-refractivity contribution in [2.24, 2.45) is 0 Å². The van der Waals surface area contributed by atoms with Gasteiger partial charge in [0.2, 0.25) is 0 Å². The van der Waals surface area contributed by atoms with E-state index in [0.717, 1.165) is 33.2 Å². The van der Waals surface area contributed by atoms with Crippen molar-refractivity contribution >= 4 is 22.8 Å². The predicted molar refractivity (Wildman–Crippen MR) is 106 cm³/mol. The fourth-order valence-electron chi connectivity index (χ4n) is 3.64. The van der Waals surface area contributed by atoms with Gasteiger partial charge in [0, 0.05) is 29.9 Å². The topological polar surface area (TPSA) is 91.4 Å². The summed E-state index contributed by atoms with van der Waals surface area (Å²) in [5.41, 5.74) is 5.01. The normalized spacial score (nSPS) is 16.4. The first-order chi connectivity index (χ1) is 13.4. The zero-order chi connectivity index (χ0) is 19.8. The van der Waals surface area contributed by atoms with E-state index in [-0.39, 0.29) is 6.42 Å². The van der Waals surface area contributed by atoms with Crippen LogP contribution in [0.2, 0.25) is 0 Å². The van der Waals surface area contributed by atoms with Gasteiger partial charge in [0.05, 0.1) is 0 Å².